The molecule has 0 saturated heterocycles. The van der Waals surface area contributed by atoms with Crippen molar-refractivity contribution < 1.29 is 9.53 Å². The van der Waals surface area contributed by atoms with Gasteiger partial charge in [0.05, 0.1) is 0 Å². The van der Waals surface area contributed by atoms with Crippen LogP contribution in [-0.4, -0.2) is 23.2 Å². The predicted molar refractivity (Wildman–Crippen MR) is 67.6 cm³/mol. The SMILES string of the molecule is O=C1C=CCN1C1=NC(OCc2ccccc2)=C1. The van der Waals surface area contributed by atoms with Crippen LogP contribution in [0.25, 0.3) is 0 Å². The van der Waals surface area contributed by atoms with E-state index >= 15 is 0 Å². The molecular weight excluding hydrogens is 228 g/mol. The Morgan fingerprint density at radius 3 is 2.72 bits per heavy atom. The van der Waals surface area contributed by atoms with Crippen LogP contribution in [0, 0.1) is 0 Å². The van der Waals surface area contributed by atoms with Gasteiger partial charge >= 0.3 is 0 Å². The van der Waals surface area contributed by atoms with E-state index in [1.807, 2.05) is 36.4 Å². The summed E-state index contributed by atoms with van der Waals surface area (Å²) < 4.78 is 5.50. The number of carbonyl (C=O) groups is 1. The molecule has 0 fully saturated rings. The molecule has 0 atom stereocenters. The van der Waals surface area contributed by atoms with Gasteiger partial charge < -0.3 is 4.74 Å². The van der Waals surface area contributed by atoms with Gasteiger partial charge in [-0.05, 0) is 5.56 Å². The third-order valence-electron chi connectivity index (χ3n) is 2.80. The molecule has 0 spiro atoms. The number of rotatable bonds is 3. The van der Waals surface area contributed by atoms with Gasteiger partial charge in [0, 0.05) is 18.7 Å². The zero-order valence-electron chi connectivity index (χ0n) is 9.74. The molecule has 4 heteroatoms. The lowest BCUT2D eigenvalue weighted by molar-refractivity contribution is -0.121. The quantitative estimate of drug-likeness (QED) is 0.809. The first-order valence-electron chi connectivity index (χ1n) is 5.78. The molecule has 0 aromatic heterocycles. The second-order valence-corrected chi connectivity index (χ2v) is 4.08. The van der Waals surface area contributed by atoms with Crippen molar-refractivity contribution in [3.63, 3.8) is 0 Å². The van der Waals surface area contributed by atoms with E-state index in [9.17, 15) is 4.79 Å². The third-order valence-corrected chi connectivity index (χ3v) is 2.80. The normalized spacial score (nSPS) is 17.3. The highest BCUT2D eigenvalue weighted by atomic mass is 16.5. The Balaban J connectivity index is 1.52. The highest BCUT2D eigenvalue weighted by Crippen LogP contribution is 2.18. The summed E-state index contributed by atoms with van der Waals surface area (Å²) in [5.74, 6) is 1.23. The number of amidine groups is 1. The zero-order chi connectivity index (χ0) is 12.4. The van der Waals surface area contributed by atoms with Crippen molar-refractivity contribution in [2.24, 2.45) is 4.99 Å². The Kier molecular flexibility index (Phi) is 2.68. The van der Waals surface area contributed by atoms with Gasteiger partial charge in [0.25, 0.3) is 5.91 Å². The number of benzene rings is 1. The number of aliphatic imine (C=N–C) groups is 1. The molecule has 1 aromatic carbocycles. The van der Waals surface area contributed by atoms with Crippen LogP contribution in [0.2, 0.25) is 0 Å². The molecule has 0 N–H and O–H groups in total. The highest BCUT2D eigenvalue weighted by molar-refractivity contribution is 6.11. The number of nitrogens with zero attached hydrogens (tertiary/aromatic N) is 2. The molecule has 0 radical (unpaired) electrons. The lowest BCUT2D eigenvalue weighted by atomic mass is 10.2. The lowest BCUT2D eigenvalue weighted by Crippen LogP contribution is -2.34. The van der Waals surface area contributed by atoms with E-state index in [2.05, 4.69) is 4.99 Å². The van der Waals surface area contributed by atoms with Crippen LogP contribution in [0.5, 0.6) is 0 Å². The van der Waals surface area contributed by atoms with Gasteiger partial charge in [-0.1, -0.05) is 36.4 Å². The molecule has 18 heavy (non-hydrogen) atoms. The van der Waals surface area contributed by atoms with Gasteiger partial charge in [-0.3, -0.25) is 9.69 Å². The molecule has 90 valence electrons. The van der Waals surface area contributed by atoms with Crippen LogP contribution >= 0.6 is 0 Å². The van der Waals surface area contributed by atoms with E-state index in [0.717, 1.165) is 5.56 Å². The fourth-order valence-electron chi connectivity index (χ4n) is 1.81. The van der Waals surface area contributed by atoms with Gasteiger partial charge in [0.15, 0.2) is 0 Å². The molecule has 4 nitrogen and oxygen atoms in total. The van der Waals surface area contributed by atoms with Crippen molar-refractivity contribution in [1.29, 1.82) is 0 Å². The summed E-state index contributed by atoms with van der Waals surface area (Å²) >= 11 is 0. The van der Waals surface area contributed by atoms with E-state index < -0.39 is 0 Å². The second kappa shape index (κ2) is 4.49. The van der Waals surface area contributed by atoms with Gasteiger partial charge in [-0.2, -0.15) is 4.99 Å². The minimum Gasteiger partial charge on any atom is -0.473 e. The molecule has 1 amide bonds. The van der Waals surface area contributed by atoms with Crippen LogP contribution < -0.4 is 0 Å². The second-order valence-electron chi connectivity index (χ2n) is 4.08. The lowest BCUT2D eigenvalue weighted by Gasteiger charge is -2.22. The van der Waals surface area contributed by atoms with Crippen molar-refractivity contribution in [1.82, 2.24) is 4.90 Å². The Morgan fingerprint density at radius 1 is 1.28 bits per heavy atom. The maximum absolute atomic E-state index is 11.4. The molecule has 2 heterocycles. The van der Waals surface area contributed by atoms with Crippen LogP contribution in [0.15, 0.2) is 59.4 Å². The van der Waals surface area contributed by atoms with Gasteiger partial charge in [0.1, 0.15) is 12.4 Å². The van der Waals surface area contributed by atoms with Crippen molar-refractivity contribution in [2.75, 3.05) is 6.54 Å². The summed E-state index contributed by atoms with van der Waals surface area (Å²) in [6.45, 7) is 1.09. The number of carbonyl (C=O) groups excluding carboxylic acids is 1. The molecule has 0 saturated carbocycles. The van der Waals surface area contributed by atoms with Crippen LogP contribution in [0.1, 0.15) is 5.56 Å². The summed E-state index contributed by atoms with van der Waals surface area (Å²) in [6, 6.07) is 9.90. The molecule has 1 aromatic rings. The minimum absolute atomic E-state index is 0.0212. The Morgan fingerprint density at radius 2 is 2.06 bits per heavy atom. The van der Waals surface area contributed by atoms with Crippen molar-refractivity contribution in [3.05, 3.63) is 60.0 Å². The maximum Gasteiger partial charge on any atom is 0.252 e. The molecule has 0 aliphatic carbocycles. The standard InChI is InChI=1S/C14H12N2O2/c17-14-7-4-8-16(14)12-9-13(15-12)18-10-11-5-2-1-3-6-11/h1-7,9H,8,10H2. The first-order chi connectivity index (χ1) is 8.83. The largest absolute Gasteiger partial charge is 0.473 e. The Hall–Kier alpha value is -2.36. The molecule has 0 bridgehead atoms. The Labute approximate surface area is 105 Å². The fraction of sp³-hybridized carbons (Fsp3) is 0.143. The van der Waals surface area contributed by atoms with E-state index in [0.29, 0.717) is 24.9 Å². The van der Waals surface area contributed by atoms with Gasteiger partial charge in [-0.15, -0.1) is 0 Å². The van der Waals surface area contributed by atoms with Crippen molar-refractivity contribution in [2.45, 2.75) is 6.61 Å². The van der Waals surface area contributed by atoms with Crippen LogP contribution in [-0.2, 0) is 16.1 Å². The average Bonchev–Trinajstić information content (AvgIpc) is 2.75. The summed E-state index contributed by atoms with van der Waals surface area (Å²) in [5, 5.41) is 0. The molecule has 0 unspecified atom stereocenters. The van der Waals surface area contributed by atoms with Gasteiger partial charge in [0.2, 0.25) is 5.88 Å². The van der Waals surface area contributed by atoms with E-state index in [4.69, 9.17) is 4.74 Å². The van der Waals surface area contributed by atoms with Crippen LogP contribution in [0.4, 0.5) is 0 Å². The molecule has 2 aliphatic rings. The average molecular weight is 240 g/mol. The van der Waals surface area contributed by atoms with E-state index in [1.165, 1.54) is 0 Å². The van der Waals surface area contributed by atoms with E-state index in [1.54, 1.807) is 17.1 Å². The zero-order valence-corrected chi connectivity index (χ0v) is 9.74. The van der Waals surface area contributed by atoms with Crippen molar-refractivity contribution >= 4 is 11.7 Å². The topological polar surface area (TPSA) is 41.9 Å². The first kappa shape index (κ1) is 10.8. The van der Waals surface area contributed by atoms with Crippen molar-refractivity contribution in [3.8, 4) is 0 Å². The summed E-state index contributed by atoms with van der Waals surface area (Å²) in [7, 11) is 0. The molecular formula is C14H12N2O2. The predicted octanol–water partition coefficient (Wildman–Crippen LogP) is 1.86. The molecule has 2 aliphatic heterocycles. The number of hydrogen-bond donors (Lipinski definition) is 0. The molecule has 3 rings (SSSR count). The number of amides is 1. The Bertz CT molecular complexity index is 558. The fourth-order valence-corrected chi connectivity index (χ4v) is 1.81. The maximum atomic E-state index is 11.4. The summed E-state index contributed by atoms with van der Waals surface area (Å²) in [4.78, 5) is 17.2. The monoisotopic (exact) mass is 240 g/mol. The van der Waals surface area contributed by atoms with Crippen LogP contribution in [0.3, 0.4) is 0 Å². The minimum atomic E-state index is -0.0212. The summed E-state index contributed by atoms with van der Waals surface area (Å²) in [6.07, 6.45) is 5.16. The smallest absolute Gasteiger partial charge is 0.252 e. The summed E-state index contributed by atoms with van der Waals surface area (Å²) in [5.41, 5.74) is 1.10. The third kappa shape index (κ3) is 2.05. The van der Waals surface area contributed by atoms with E-state index in [-0.39, 0.29) is 5.91 Å². The first-order valence-corrected chi connectivity index (χ1v) is 5.78. The number of hydrogen-bond acceptors (Lipinski definition) is 3. The van der Waals surface area contributed by atoms with Gasteiger partial charge in [-0.25, -0.2) is 0 Å². The highest BCUT2D eigenvalue weighted by Gasteiger charge is 2.24. The number of ether oxygens (including phenoxy) is 1.